The van der Waals surface area contributed by atoms with Gasteiger partial charge in [-0.2, -0.15) is 0 Å². The molecule has 0 unspecified atom stereocenters. The van der Waals surface area contributed by atoms with Crippen LogP contribution >= 0.6 is 0 Å². The average molecular weight is 668 g/mol. The summed E-state index contributed by atoms with van der Waals surface area (Å²) in [7, 11) is 0. The van der Waals surface area contributed by atoms with Gasteiger partial charge in [0, 0.05) is 41.3 Å². The lowest BCUT2D eigenvalue weighted by molar-refractivity contribution is 1.11. The second kappa shape index (κ2) is 12.3. The van der Waals surface area contributed by atoms with Crippen LogP contribution in [0.5, 0.6) is 0 Å². The maximum absolute atomic E-state index is 4.92. The second-order valence-corrected chi connectivity index (χ2v) is 13.2. The standard InChI is InChI=1S/C42H37N9/c1-22-26(5)37(27(6)23(2)35(22)32-20-47-39-41(49-32)45-18-16-43-39)51(34-15-11-13-30-12-9-10-14-31(30)34)38-28(7)24(3)36(25(4)29(38)8)33-21-48-40-42(50-33)46-19-17-44-40/h9-21H,1-8H3. The normalized spacial score (nSPS) is 11.5. The van der Waals surface area contributed by atoms with Crippen molar-refractivity contribution in [3.05, 3.63) is 124 Å². The van der Waals surface area contributed by atoms with E-state index in [-0.39, 0.29) is 0 Å². The predicted molar refractivity (Wildman–Crippen MR) is 205 cm³/mol. The molecule has 0 saturated heterocycles. The molecular weight excluding hydrogens is 631 g/mol. The van der Waals surface area contributed by atoms with E-state index in [0.29, 0.717) is 22.6 Å². The van der Waals surface area contributed by atoms with Crippen LogP contribution in [0.3, 0.4) is 0 Å². The highest BCUT2D eigenvalue weighted by atomic mass is 15.2. The van der Waals surface area contributed by atoms with Crippen molar-refractivity contribution in [2.75, 3.05) is 4.90 Å². The molecule has 8 aromatic rings. The van der Waals surface area contributed by atoms with Crippen molar-refractivity contribution in [2.24, 2.45) is 0 Å². The Morgan fingerprint density at radius 3 is 1.29 bits per heavy atom. The van der Waals surface area contributed by atoms with Gasteiger partial charge in [-0.1, -0.05) is 36.4 Å². The molecular formula is C42H37N9. The lowest BCUT2D eigenvalue weighted by atomic mass is 9.86. The molecule has 8 rings (SSSR count). The predicted octanol–water partition coefficient (Wildman–Crippen LogP) is 9.58. The fraction of sp³-hybridized carbons (Fsp3) is 0.190. The summed E-state index contributed by atoms with van der Waals surface area (Å²) in [5.74, 6) is 0. The lowest BCUT2D eigenvalue weighted by Gasteiger charge is -2.35. The first kappa shape index (κ1) is 32.0. The summed E-state index contributed by atoms with van der Waals surface area (Å²) in [6.45, 7) is 17.6. The minimum absolute atomic E-state index is 0.533. The summed E-state index contributed by atoms with van der Waals surface area (Å²) < 4.78 is 0. The fourth-order valence-corrected chi connectivity index (χ4v) is 7.54. The van der Waals surface area contributed by atoms with Gasteiger partial charge in [0.1, 0.15) is 0 Å². The van der Waals surface area contributed by atoms with Gasteiger partial charge in [-0.15, -0.1) is 0 Å². The van der Waals surface area contributed by atoms with E-state index >= 15 is 0 Å². The maximum atomic E-state index is 4.92. The van der Waals surface area contributed by atoms with Crippen LogP contribution in [0.2, 0.25) is 0 Å². The van der Waals surface area contributed by atoms with Crippen LogP contribution in [0.15, 0.2) is 79.6 Å². The Bertz CT molecular complexity index is 2490. The van der Waals surface area contributed by atoms with E-state index in [1.165, 1.54) is 33.0 Å². The summed E-state index contributed by atoms with van der Waals surface area (Å²) >= 11 is 0. The van der Waals surface area contributed by atoms with Crippen LogP contribution in [0.1, 0.15) is 44.5 Å². The quantitative estimate of drug-likeness (QED) is 0.177. The third-order valence-electron chi connectivity index (χ3n) is 10.5. The van der Waals surface area contributed by atoms with Crippen LogP contribution < -0.4 is 4.90 Å². The molecule has 9 heteroatoms. The molecule has 0 atom stereocenters. The van der Waals surface area contributed by atoms with E-state index in [2.05, 4.69) is 133 Å². The molecule has 4 aromatic heterocycles. The van der Waals surface area contributed by atoms with Crippen molar-refractivity contribution in [1.29, 1.82) is 0 Å². The number of benzene rings is 4. The van der Waals surface area contributed by atoms with Crippen molar-refractivity contribution in [3.8, 4) is 22.5 Å². The molecule has 0 aliphatic heterocycles. The minimum Gasteiger partial charge on any atom is -0.309 e. The SMILES string of the molecule is Cc1c(C)c(N(c2c(C)c(C)c(-c3cnc4nccnc4n3)c(C)c2C)c2cccc3ccccc23)c(C)c(C)c1-c1cnc2nccnc2n1. The number of fused-ring (bicyclic) bond motifs is 3. The fourth-order valence-electron chi connectivity index (χ4n) is 7.54. The van der Waals surface area contributed by atoms with Crippen molar-refractivity contribution in [1.82, 2.24) is 39.9 Å². The van der Waals surface area contributed by atoms with Crippen molar-refractivity contribution >= 4 is 50.4 Å². The van der Waals surface area contributed by atoms with Crippen molar-refractivity contribution in [3.63, 3.8) is 0 Å². The number of rotatable bonds is 5. The molecule has 4 aromatic carbocycles. The molecule has 0 aliphatic rings. The molecule has 0 fully saturated rings. The van der Waals surface area contributed by atoms with Gasteiger partial charge in [-0.3, -0.25) is 0 Å². The monoisotopic (exact) mass is 667 g/mol. The Balaban J connectivity index is 1.41. The molecule has 51 heavy (non-hydrogen) atoms. The van der Waals surface area contributed by atoms with Gasteiger partial charge < -0.3 is 4.90 Å². The van der Waals surface area contributed by atoms with E-state index < -0.39 is 0 Å². The van der Waals surface area contributed by atoms with Gasteiger partial charge in [-0.25, -0.2) is 39.9 Å². The van der Waals surface area contributed by atoms with Gasteiger partial charge in [0.15, 0.2) is 22.6 Å². The summed E-state index contributed by atoms with van der Waals surface area (Å²) in [5.41, 5.74) is 18.5. The lowest BCUT2D eigenvalue weighted by Crippen LogP contribution is -2.19. The Morgan fingerprint density at radius 1 is 0.412 bits per heavy atom. The van der Waals surface area contributed by atoms with Crippen LogP contribution in [-0.4, -0.2) is 39.9 Å². The van der Waals surface area contributed by atoms with E-state index in [4.69, 9.17) is 9.97 Å². The first-order valence-electron chi connectivity index (χ1n) is 17.0. The minimum atomic E-state index is 0.533. The van der Waals surface area contributed by atoms with Gasteiger partial charge in [0.2, 0.25) is 0 Å². The van der Waals surface area contributed by atoms with E-state index in [1.54, 1.807) is 24.8 Å². The zero-order valence-electron chi connectivity index (χ0n) is 30.0. The Labute approximate surface area is 296 Å². The summed E-state index contributed by atoms with van der Waals surface area (Å²) in [4.78, 5) is 39.1. The number of nitrogens with zero attached hydrogens (tertiary/aromatic N) is 9. The Hall–Kier alpha value is -6.22. The number of aromatic nitrogens is 8. The highest BCUT2D eigenvalue weighted by Gasteiger charge is 2.29. The number of anilines is 3. The molecule has 0 aliphatic carbocycles. The highest BCUT2D eigenvalue weighted by Crippen LogP contribution is 2.50. The maximum Gasteiger partial charge on any atom is 0.198 e. The van der Waals surface area contributed by atoms with Gasteiger partial charge in [-0.05, 0) is 111 Å². The second-order valence-electron chi connectivity index (χ2n) is 13.2. The van der Waals surface area contributed by atoms with E-state index in [1.807, 2.05) is 12.4 Å². The molecule has 0 bridgehead atoms. The summed E-state index contributed by atoms with van der Waals surface area (Å²) in [5, 5.41) is 2.36. The van der Waals surface area contributed by atoms with Gasteiger partial charge in [0.05, 0.1) is 40.8 Å². The molecule has 0 radical (unpaired) electrons. The zero-order valence-corrected chi connectivity index (χ0v) is 30.0. The van der Waals surface area contributed by atoms with E-state index in [0.717, 1.165) is 61.8 Å². The first-order chi connectivity index (χ1) is 24.7. The third-order valence-corrected chi connectivity index (χ3v) is 10.5. The summed E-state index contributed by atoms with van der Waals surface area (Å²) in [6.07, 6.45) is 10.2. The zero-order chi connectivity index (χ0) is 35.6. The molecule has 0 spiro atoms. The van der Waals surface area contributed by atoms with Crippen molar-refractivity contribution < 1.29 is 0 Å². The summed E-state index contributed by atoms with van der Waals surface area (Å²) in [6, 6.07) is 15.2. The third kappa shape index (κ3) is 5.07. The molecule has 9 nitrogen and oxygen atoms in total. The molecule has 4 heterocycles. The first-order valence-corrected chi connectivity index (χ1v) is 17.0. The average Bonchev–Trinajstić information content (AvgIpc) is 3.15. The molecule has 0 amide bonds. The van der Waals surface area contributed by atoms with Crippen LogP contribution in [0.25, 0.3) is 55.9 Å². The Kier molecular flexibility index (Phi) is 7.71. The number of hydrogen-bond donors (Lipinski definition) is 0. The van der Waals surface area contributed by atoms with Crippen LogP contribution in [0.4, 0.5) is 17.1 Å². The topological polar surface area (TPSA) is 106 Å². The van der Waals surface area contributed by atoms with Gasteiger partial charge in [0.25, 0.3) is 0 Å². The molecule has 0 saturated carbocycles. The molecule has 250 valence electrons. The number of hydrogen-bond acceptors (Lipinski definition) is 9. The van der Waals surface area contributed by atoms with Gasteiger partial charge >= 0.3 is 0 Å². The largest absolute Gasteiger partial charge is 0.309 e. The van der Waals surface area contributed by atoms with Crippen LogP contribution in [0, 0.1) is 55.4 Å². The smallest absolute Gasteiger partial charge is 0.198 e. The highest BCUT2D eigenvalue weighted by molar-refractivity contribution is 6.02. The Morgan fingerprint density at radius 2 is 0.824 bits per heavy atom. The van der Waals surface area contributed by atoms with E-state index in [9.17, 15) is 0 Å². The molecule has 0 N–H and O–H groups in total. The van der Waals surface area contributed by atoms with Crippen molar-refractivity contribution in [2.45, 2.75) is 55.4 Å². The van der Waals surface area contributed by atoms with Crippen LogP contribution in [-0.2, 0) is 0 Å².